The summed E-state index contributed by atoms with van der Waals surface area (Å²) in [5.41, 5.74) is 6.85. The fraction of sp³-hybridized carbons (Fsp3) is 0.510. The van der Waals surface area contributed by atoms with E-state index in [-0.39, 0.29) is 41.3 Å². The molecule has 5 amide bonds. The first kappa shape index (κ1) is 43.8. The maximum absolute atomic E-state index is 15.1. The molecule has 3 aromatic heterocycles. The average molecular weight is 905 g/mol. The van der Waals surface area contributed by atoms with E-state index < -0.39 is 6.43 Å². The molecule has 15 nitrogen and oxygen atoms in total. The summed E-state index contributed by atoms with van der Waals surface area (Å²) in [7, 11) is 1.92. The van der Waals surface area contributed by atoms with E-state index in [1.165, 1.54) is 0 Å². The minimum absolute atomic E-state index is 0.00421. The predicted octanol–water partition coefficient (Wildman–Crippen LogP) is 6.76. The molecule has 348 valence electrons. The van der Waals surface area contributed by atoms with Crippen LogP contribution in [0.3, 0.4) is 0 Å². The van der Waals surface area contributed by atoms with Crippen molar-refractivity contribution in [1.29, 1.82) is 0 Å². The number of carbonyl (C=O) groups is 4. The van der Waals surface area contributed by atoms with Crippen LogP contribution < -0.4 is 10.2 Å². The van der Waals surface area contributed by atoms with Gasteiger partial charge in [-0.05, 0) is 99.5 Å². The third-order valence-electron chi connectivity index (χ3n) is 14.7. The highest BCUT2D eigenvalue weighted by Gasteiger charge is 2.37. The molecule has 1 aromatic carbocycles. The summed E-state index contributed by atoms with van der Waals surface area (Å²) >= 11 is 0. The topological polar surface area (TPSA) is 141 Å². The number of nitrogens with zero attached hydrogens (tertiary/aromatic N) is 9. The summed E-state index contributed by atoms with van der Waals surface area (Å²) in [4.78, 5) is 64.7. The molecule has 0 bridgehead atoms. The fourth-order valence-corrected chi connectivity index (χ4v) is 11.0. The normalized spacial score (nSPS) is 20.1. The van der Waals surface area contributed by atoms with Crippen LogP contribution in [0.1, 0.15) is 93.1 Å². The van der Waals surface area contributed by atoms with Gasteiger partial charge in [-0.25, -0.2) is 13.6 Å². The maximum Gasteiger partial charge on any atom is 0.328 e. The van der Waals surface area contributed by atoms with Gasteiger partial charge in [-0.1, -0.05) is 0 Å². The number of fused-ring (bicyclic) bond motifs is 3. The van der Waals surface area contributed by atoms with E-state index in [1.807, 2.05) is 51.9 Å². The molecule has 1 aliphatic carbocycles. The molecule has 0 saturated carbocycles. The van der Waals surface area contributed by atoms with Gasteiger partial charge in [0.25, 0.3) is 6.43 Å². The highest BCUT2D eigenvalue weighted by Crippen LogP contribution is 2.45. The molecule has 3 saturated heterocycles. The number of hydrogen-bond acceptors (Lipinski definition) is 9. The van der Waals surface area contributed by atoms with Gasteiger partial charge in [0.15, 0.2) is 5.82 Å². The van der Waals surface area contributed by atoms with Crippen molar-refractivity contribution in [3.63, 3.8) is 0 Å². The van der Waals surface area contributed by atoms with Crippen LogP contribution in [0.4, 0.5) is 25.1 Å². The lowest BCUT2D eigenvalue weighted by molar-refractivity contribution is -0.138. The second kappa shape index (κ2) is 18.3. The molecule has 4 aromatic rings. The molecule has 3 fully saturated rings. The summed E-state index contributed by atoms with van der Waals surface area (Å²) in [6.07, 6.45) is 13.5. The molecule has 6 aliphatic rings. The van der Waals surface area contributed by atoms with Crippen molar-refractivity contribution in [3.05, 3.63) is 82.8 Å². The molecule has 0 spiro atoms. The number of likely N-dealkylation sites (tertiary alicyclic amines) is 2. The summed E-state index contributed by atoms with van der Waals surface area (Å²) < 4.78 is 40.4. The number of alkyl halides is 2. The largest absolute Gasteiger partial charge is 0.497 e. The van der Waals surface area contributed by atoms with Crippen molar-refractivity contribution in [2.24, 2.45) is 13.0 Å². The number of benzene rings is 1. The molecular weight excluding hydrogens is 847 g/mol. The van der Waals surface area contributed by atoms with Crippen LogP contribution in [0.5, 0.6) is 0 Å². The monoisotopic (exact) mass is 904 g/mol. The van der Waals surface area contributed by atoms with E-state index in [2.05, 4.69) is 24.8 Å². The highest BCUT2D eigenvalue weighted by atomic mass is 19.3. The van der Waals surface area contributed by atoms with Crippen LogP contribution in [-0.2, 0) is 45.6 Å². The molecular formula is C49H58F2N10O5. The Kier molecular flexibility index (Phi) is 12.1. The fourth-order valence-electron chi connectivity index (χ4n) is 11.0. The Labute approximate surface area is 383 Å². The second-order valence-electron chi connectivity index (χ2n) is 18.6. The Morgan fingerprint density at radius 3 is 2.45 bits per heavy atom. The number of imide groups is 1. The molecule has 0 atom stereocenters. The van der Waals surface area contributed by atoms with Crippen LogP contribution in [0.15, 0.2) is 60.4 Å². The van der Waals surface area contributed by atoms with Gasteiger partial charge in [-0.15, -0.1) is 0 Å². The molecule has 66 heavy (non-hydrogen) atoms. The van der Waals surface area contributed by atoms with E-state index in [4.69, 9.17) is 9.84 Å². The number of rotatable bonds is 10. The van der Waals surface area contributed by atoms with Gasteiger partial charge in [0, 0.05) is 136 Å². The number of carbonyl (C=O) groups excluding carboxylic acids is 4. The highest BCUT2D eigenvalue weighted by molar-refractivity contribution is 5.98. The first-order chi connectivity index (χ1) is 32.0. The molecule has 0 unspecified atom stereocenters. The number of ether oxygens (including phenoxy) is 1. The van der Waals surface area contributed by atoms with Gasteiger partial charge < -0.3 is 24.0 Å². The molecule has 10 rings (SSSR count). The van der Waals surface area contributed by atoms with Crippen LogP contribution in [0.25, 0.3) is 22.0 Å². The average Bonchev–Trinajstić information content (AvgIpc) is 3.88. The Morgan fingerprint density at radius 2 is 1.71 bits per heavy atom. The van der Waals surface area contributed by atoms with Gasteiger partial charge in [0.05, 0.1) is 23.9 Å². The van der Waals surface area contributed by atoms with E-state index in [0.717, 1.165) is 114 Å². The number of piperidine rings is 2. The third-order valence-corrected chi connectivity index (χ3v) is 14.7. The number of allylic oxidation sites excluding steroid dienone is 4. The maximum atomic E-state index is 15.1. The zero-order chi connectivity index (χ0) is 45.6. The Hall–Kier alpha value is -6.10. The minimum Gasteiger partial charge on any atom is -0.497 e. The van der Waals surface area contributed by atoms with Crippen molar-refractivity contribution in [2.45, 2.75) is 90.1 Å². The number of hydrogen-bond donors (Lipinski definition) is 1. The van der Waals surface area contributed by atoms with E-state index in [0.29, 0.717) is 77.1 Å². The summed E-state index contributed by atoms with van der Waals surface area (Å²) in [6.45, 7) is 7.90. The number of pyridine rings is 1. The lowest BCUT2D eigenvalue weighted by Crippen LogP contribution is -2.48. The van der Waals surface area contributed by atoms with Gasteiger partial charge >= 0.3 is 6.03 Å². The van der Waals surface area contributed by atoms with Gasteiger partial charge in [-0.2, -0.15) is 5.10 Å². The predicted molar refractivity (Wildman–Crippen MR) is 244 cm³/mol. The smallest absolute Gasteiger partial charge is 0.328 e. The molecule has 5 aliphatic heterocycles. The second-order valence-corrected chi connectivity index (χ2v) is 18.6. The number of halogens is 2. The number of anilines is 2. The molecule has 0 radical (unpaired) electrons. The van der Waals surface area contributed by atoms with E-state index in [1.54, 1.807) is 30.3 Å². The standard InChI is InChI=1S/C49H58F2N10O5/c1-31(62)58-22-14-43-41(30-58)47(60-17-3-4-33-26-37(38(46(50)51)27-44(33)60)40-29-55(2)42-9-16-52-28-39(40)42)54-61(43)35-12-20-57(21-13-35)48(64)32-10-18-56(19-11-32)24-25-66-36-7-5-34(6-8-36)59-23-15-45(63)53-49(59)65/h5,7,9,16,26-29,32,35,46H,3-4,6,8,10-15,17-25,30H2,1-2H3,(H,53,63,65). The summed E-state index contributed by atoms with van der Waals surface area (Å²) in [5.74, 6) is 1.59. The van der Waals surface area contributed by atoms with Crippen LogP contribution in [0.2, 0.25) is 0 Å². The molecule has 1 N–H and O–H groups in total. The number of aryl methyl sites for hydroxylation is 2. The summed E-state index contributed by atoms with van der Waals surface area (Å²) in [5, 5.41) is 8.54. The van der Waals surface area contributed by atoms with Gasteiger partial charge in [-0.3, -0.25) is 39.2 Å². The zero-order valence-electron chi connectivity index (χ0n) is 37.8. The van der Waals surface area contributed by atoms with Crippen molar-refractivity contribution in [3.8, 4) is 11.1 Å². The first-order valence-corrected chi connectivity index (χ1v) is 23.6. The zero-order valence-corrected chi connectivity index (χ0v) is 37.8. The van der Waals surface area contributed by atoms with Crippen LogP contribution in [-0.4, -0.2) is 122 Å². The van der Waals surface area contributed by atoms with Crippen LogP contribution in [0, 0.1) is 5.92 Å². The lowest BCUT2D eigenvalue weighted by Gasteiger charge is -2.38. The first-order valence-electron chi connectivity index (χ1n) is 23.6. The number of nitrogens with one attached hydrogen (secondary N) is 1. The number of amides is 5. The van der Waals surface area contributed by atoms with Crippen molar-refractivity contribution >= 4 is 46.2 Å². The number of aromatic nitrogens is 4. The van der Waals surface area contributed by atoms with E-state index in [9.17, 15) is 19.2 Å². The van der Waals surface area contributed by atoms with Gasteiger partial charge in [0.2, 0.25) is 17.7 Å². The SMILES string of the molecule is CC(=O)N1CCc2c(c(N3CCCc4cc(-c5cn(C)c6ccncc56)c(C(F)F)cc43)nn2C2CCN(C(=O)C3CCN(CCOC4=CC=C(N5CCC(=O)NC5=O)CC4)CC3)CC2)C1. The molecule has 8 heterocycles. The van der Waals surface area contributed by atoms with Crippen molar-refractivity contribution < 1.29 is 32.7 Å². The lowest BCUT2D eigenvalue weighted by atomic mass is 9.91. The van der Waals surface area contributed by atoms with Gasteiger partial charge in [0.1, 0.15) is 6.61 Å². The Morgan fingerprint density at radius 1 is 0.894 bits per heavy atom. The van der Waals surface area contributed by atoms with E-state index >= 15 is 8.78 Å². The van der Waals surface area contributed by atoms with Crippen LogP contribution >= 0.6 is 0 Å². The quantitative estimate of drug-likeness (QED) is 0.183. The Balaban J connectivity index is 0.786. The van der Waals surface area contributed by atoms with Crippen molar-refractivity contribution in [2.75, 3.05) is 63.9 Å². The number of urea groups is 1. The summed E-state index contributed by atoms with van der Waals surface area (Å²) in [6, 6.07) is 5.21. The molecule has 17 heteroatoms. The minimum atomic E-state index is -2.70. The Bertz CT molecular complexity index is 2620. The third kappa shape index (κ3) is 8.46. The van der Waals surface area contributed by atoms with Crippen molar-refractivity contribution in [1.82, 2.24) is 44.2 Å².